The van der Waals surface area contributed by atoms with E-state index in [1.165, 1.54) is 12.3 Å². The van der Waals surface area contributed by atoms with Crippen LogP contribution in [0.15, 0.2) is 24.4 Å². The average Bonchev–Trinajstić information content (AvgIpc) is 3.20. The second-order valence-electron chi connectivity index (χ2n) is 8.06. The second-order valence-corrected chi connectivity index (χ2v) is 8.06. The van der Waals surface area contributed by atoms with E-state index in [0.717, 1.165) is 32.1 Å². The molecule has 0 amide bonds. The molecule has 32 heavy (non-hydrogen) atoms. The van der Waals surface area contributed by atoms with Crippen molar-refractivity contribution in [3.8, 4) is 11.4 Å². The fourth-order valence-electron chi connectivity index (χ4n) is 4.18. The Labute approximate surface area is 182 Å². The summed E-state index contributed by atoms with van der Waals surface area (Å²) in [5, 5.41) is 11.6. The van der Waals surface area contributed by atoms with Crippen LogP contribution in [0.1, 0.15) is 61.4 Å². The molecule has 1 fully saturated rings. The highest BCUT2D eigenvalue weighted by Gasteiger charge is 2.36. The second kappa shape index (κ2) is 9.23. The molecule has 0 radical (unpaired) electrons. The summed E-state index contributed by atoms with van der Waals surface area (Å²) in [6, 6.07) is 4.44. The molecule has 0 saturated heterocycles. The van der Waals surface area contributed by atoms with Crippen molar-refractivity contribution in [1.82, 2.24) is 25.3 Å². The predicted molar refractivity (Wildman–Crippen MR) is 112 cm³/mol. The number of hydrogen-bond donors (Lipinski definition) is 3. The molecule has 1 aromatic carbocycles. The van der Waals surface area contributed by atoms with Crippen molar-refractivity contribution in [1.29, 1.82) is 0 Å². The van der Waals surface area contributed by atoms with Gasteiger partial charge in [-0.05, 0) is 30.4 Å². The number of halogens is 3. The molecule has 4 rings (SSSR count). The van der Waals surface area contributed by atoms with Gasteiger partial charge in [0.25, 0.3) is 0 Å². The number of fused-ring (bicyclic) bond motifs is 1. The van der Waals surface area contributed by atoms with Crippen LogP contribution in [0.3, 0.4) is 0 Å². The zero-order valence-electron chi connectivity index (χ0n) is 17.4. The lowest BCUT2D eigenvalue weighted by Gasteiger charge is -2.25. The number of aromatic amines is 1. The Balaban J connectivity index is 1.59. The van der Waals surface area contributed by atoms with Gasteiger partial charge in [-0.15, -0.1) is 0 Å². The van der Waals surface area contributed by atoms with Crippen LogP contribution in [-0.2, 0) is 17.5 Å². The predicted octanol–water partition coefficient (Wildman–Crippen LogP) is 4.65. The summed E-state index contributed by atoms with van der Waals surface area (Å²) in [5.41, 5.74) is 0.966. The maximum Gasteiger partial charge on any atom is 0.416 e. The lowest BCUT2D eigenvalue weighted by Crippen LogP contribution is -2.19. The van der Waals surface area contributed by atoms with Crippen LogP contribution in [-0.4, -0.2) is 37.6 Å². The Kier molecular flexibility index (Phi) is 6.40. The Bertz CT molecular complexity index is 1110. The summed E-state index contributed by atoms with van der Waals surface area (Å²) in [6.07, 6.45) is 1.60. The largest absolute Gasteiger partial charge is 0.481 e. The zero-order valence-corrected chi connectivity index (χ0v) is 17.4. The number of aliphatic carboxylic acids is 1. The molecule has 3 aromatic rings. The van der Waals surface area contributed by atoms with Gasteiger partial charge in [-0.2, -0.15) is 13.2 Å². The van der Waals surface area contributed by atoms with Gasteiger partial charge in [-0.25, -0.2) is 15.0 Å². The summed E-state index contributed by atoms with van der Waals surface area (Å²) in [7, 11) is 0. The molecule has 2 heterocycles. The molecule has 0 unspecified atom stereocenters. The summed E-state index contributed by atoms with van der Waals surface area (Å²) in [4.78, 5) is 26.4. The van der Waals surface area contributed by atoms with Gasteiger partial charge in [0.1, 0.15) is 17.2 Å². The minimum Gasteiger partial charge on any atom is -0.481 e. The third kappa shape index (κ3) is 5.07. The smallest absolute Gasteiger partial charge is 0.416 e. The van der Waals surface area contributed by atoms with E-state index >= 15 is 0 Å². The van der Waals surface area contributed by atoms with Crippen molar-refractivity contribution in [2.45, 2.75) is 57.2 Å². The number of H-pyrrole nitrogens is 1. The van der Waals surface area contributed by atoms with Crippen molar-refractivity contribution in [2.24, 2.45) is 0 Å². The summed E-state index contributed by atoms with van der Waals surface area (Å²) < 4.78 is 41.6. The first-order chi connectivity index (χ1) is 15.3. The minimum atomic E-state index is -4.44. The molecule has 7 nitrogen and oxygen atoms in total. The first kappa shape index (κ1) is 22.2. The number of carboxylic acid groups (broad SMARTS) is 1. The van der Waals surface area contributed by atoms with Crippen molar-refractivity contribution >= 4 is 17.1 Å². The number of rotatable bonds is 7. The molecule has 1 saturated carbocycles. The molecule has 170 valence electrons. The first-order valence-corrected chi connectivity index (χ1v) is 10.7. The molecule has 3 N–H and O–H groups in total. The number of carboxylic acids is 1. The van der Waals surface area contributed by atoms with Crippen LogP contribution >= 0.6 is 0 Å². The molecule has 0 aliphatic heterocycles. The van der Waals surface area contributed by atoms with Gasteiger partial charge in [0, 0.05) is 12.1 Å². The van der Waals surface area contributed by atoms with Gasteiger partial charge in [0.15, 0.2) is 5.65 Å². The Morgan fingerprint density at radius 3 is 2.69 bits per heavy atom. The fraction of sp³-hybridized carbons (Fsp3) is 0.455. The highest BCUT2D eigenvalue weighted by Crippen LogP contribution is 2.42. The van der Waals surface area contributed by atoms with Crippen molar-refractivity contribution in [3.05, 3.63) is 41.3 Å². The van der Waals surface area contributed by atoms with E-state index in [4.69, 9.17) is 5.11 Å². The molecule has 0 atom stereocenters. The van der Waals surface area contributed by atoms with Gasteiger partial charge >= 0.3 is 12.1 Å². The lowest BCUT2D eigenvalue weighted by atomic mass is 9.81. The SMILES string of the molecule is O=C(O)CCNCc1ncc2nc(-c3ccc(C4CCCCC4)c(C(F)(F)F)c3)[nH]c2n1. The van der Waals surface area contributed by atoms with E-state index in [1.807, 2.05) is 0 Å². The summed E-state index contributed by atoms with van der Waals surface area (Å²) in [5.74, 6) is -0.236. The zero-order chi connectivity index (χ0) is 22.7. The monoisotopic (exact) mass is 447 g/mol. The van der Waals surface area contributed by atoms with Crippen LogP contribution in [0, 0.1) is 0 Å². The van der Waals surface area contributed by atoms with Crippen LogP contribution in [0.5, 0.6) is 0 Å². The highest BCUT2D eigenvalue weighted by molar-refractivity contribution is 5.75. The molecular formula is C22H24F3N5O2. The van der Waals surface area contributed by atoms with Crippen molar-refractivity contribution in [3.63, 3.8) is 0 Å². The van der Waals surface area contributed by atoms with Crippen LogP contribution < -0.4 is 5.32 Å². The van der Waals surface area contributed by atoms with Gasteiger partial charge in [-0.1, -0.05) is 31.4 Å². The minimum absolute atomic E-state index is 0.0190. The Morgan fingerprint density at radius 1 is 1.19 bits per heavy atom. The highest BCUT2D eigenvalue weighted by atomic mass is 19.4. The number of aromatic nitrogens is 4. The Hall–Kier alpha value is -3.01. The maximum absolute atomic E-state index is 13.9. The van der Waals surface area contributed by atoms with Crippen molar-refractivity contribution < 1.29 is 23.1 Å². The van der Waals surface area contributed by atoms with E-state index in [9.17, 15) is 18.0 Å². The molecule has 10 heteroatoms. The third-order valence-corrected chi connectivity index (χ3v) is 5.76. The number of nitrogens with one attached hydrogen (secondary N) is 2. The fourth-order valence-corrected chi connectivity index (χ4v) is 4.18. The molecule has 1 aliphatic carbocycles. The average molecular weight is 447 g/mol. The van der Waals surface area contributed by atoms with Crippen LogP contribution in [0.4, 0.5) is 13.2 Å². The standard InChI is InChI=1S/C22H24F3N5O2/c23-22(24,25)16-10-14(6-7-15(16)13-4-2-1-3-5-13)20-28-17-11-27-18(29-21(17)30-20)12-26-9-8-19(31)32/h6-7,10-11,13,26H,1-5,8-9,12H2,(H,31,32)(H,27,28,29,30). The number of alkyl halides is 3. The van der Waals surface area contributed by atoms with Gasteiger partial charge in [-0.3, -0.25) is 4.79 Å². The van der Waals surface area contributed by atoms with E-state index in [1.54, 1.807) is 12.1 Å². The van der Waals surface area contributed by atoms with Gasteiger partial charge in [0.2, 0.25) is 0 Å². The first-order valence-electron chi connectivity index (χ1n) is 10.7. The van der Waals surface area contributed by atoms with Crippen LogP contribution in [0.2, 0.25) is 0 Å². The molecule has 0 bridgehead atoms. The molecule has 2 aromatic heterocycles. The summed E-state index contributed by atoms with van der Waals surface area (Å²) in [6.45, 7) is 0.546. The number of nitrogens with zero attached hydrogens (tertiary/aromatic N) is 3. The van der Waals surface area contributed by atoms with E-state index < -0.39 is 17.7 Å². The maximum atomic E-state index is 13.9. The van der Waals surface area contributed by atoms with E-state index in [2.05, 4.69) is 25.3 Å². The molecular weight excluding hydrogens is 423 g/mol. The van der Waals surface area contributed by atoms with Crippen LogP contribution in [0.25, 0.3) is 22.6 Å². The molecule has 1 aliphatic rings. The normalized spacial score (nSPS) is 15.3. The van der Waals surface area contributed by atoms with Crippen molar-refractivity contribution in [2.75, 3.05) is 6.54 Å². The number of hydrogen-bond acceptors (Lipinski definition) is 5. The number of benzene rings is 1. The quantitative estimate of drug-likeness (QED) is 0.456. The summed E-state index contributed by atoms with van der Waals surface area (Å²) >= 11 is 0. The Morgan fingerprint density at radius 2 is 1.97 bits per heavy atom. The topological polar surface area (TPSA) is 104 Å². The van der Waals surface area contributed by atoms with E-state index in [0.29, 0.717) is 33.9 Å². The number of carbonyl (C=O) groups is 1. The lowest BCUT2D eigenvalue weighted by molar-refractivity contribution is -0.138. The number of imidazole rings is 1. The van der Waals surface area contributed by atoms with Gasteiger partial charge in [0.05, 0.1) is 24.7 Å². The van der Waals surface area contributed by atoms with Gasteiger partial charge < -0.3 is 15.4 Å². The third-order valence-electron chi connectivity index (χ3n) is 5.76. The van der Waals surface area contributed by atoms with E-state index in [-0.39, 0.29) is 25.4 Å². The molecule has 0 spiro atoms.